The zero-order chi connectivity index (χ0) is 9.80. The molecule has 0 fully saturated rings. The molecule has 0 saturated heterocycles. The fraction of sp³-hybridized carbons (Fsp3) is 0.429. The molecule has 0 spiro atoms. The van der Waals surface area contributed by atoms with E-state index in [0.717, 1.165) is 0 Å². The fourth-order valence-corrected chi connectivity index (χ4v) is 0.994. The molecule has 0 saturated carbocycles. The Morgan fingerprint density at radius 3 is 3.07 bits per heavy atom. The molecule has 0 aromatic carbocycles. The van der Waals surface area contributed by atoms with Crippen LogP contribution in [0.25, 0.3) is 0 Å². The van der Waals surface area contributed by atoms with Gasteiger partial charge in [0.1, 0.15) is 12.7 Å². The maximum Gasteiger partial charge on any atom is 0.315 e. The molecule has 0 unspecified atom stereocenters. The number of nitrogens with one attached hydrogen (secondary N) is 1. The lowest BCUT2D eigenvalue weighted by Gasteiger charge is -1.99. The van der Waals surface area contributed by atoms with Crippen LogP contribution in [0.5, 0.6) is 0 Å². The van der Waals surface area contributed by atoms with Crippen molar-refractivity contribution in [3.05, 3.63) is 18.5 Å². The van der Waals surface area contributed by atoms with Crippen molar-refractivity contribution in [2.24, 2.45) is 0 Å². The molecule has 0 aliphatic rings. The van der Waals surface area contributed by atoms with Crippen molar-refractivity contribution in [2.45, 2.75) is 13.5 Å². The zero-order valence-corrected chi connectivity index (χ0v) is 7.71. The van der Waals surface area contributed by atoms with Gasteiger partial charge in [0.2, 0.25) is 5.89 Å². The summed E-state index contributed by atoms with van der Waals surface area (Å²) in [7, 11) is 0. The number of rotatable bonds is 4. The topological polar surface area (TPSA) is 81.7 Å². The van der Waals surface area contributed by atoms with Crippen molar-refractivity contribution >= 4 is 6.01 Å². The smallest absolute Gasteiger partial charge is 0.315 e. The first-order valence-electron chi connectivity index (χ1n) is 4.21. The summed E-state index contributed by atoms with van der Waals surface area (Å²) >= 11 is 0. The molecule has 0 amide bonds. The van der Waals surface area contributed by atoms with Crippen LogP contribution in [0.15, 0.2) is 17.1 Å². The monoisotopic (exact) mass is 194 g/mol. The van der Waals surface area contributed by atoms with Gasteiger partial charge in [-0.15, -0.1) is 5.10 Å². The van der Waals surface area contributed by atoms with Crippen molar-refractivity contribution in [2.75, 3.05) is 11.9 Å². The Kier molecular flexibility index (Phi) is 2.39. The van der Waals surface area contributed by atoms with Crippen LogP contribution in [0.3, 0.4) is 0 Å². The Hall–Kier alpha value is -1.92. The van der Waals surface area contributed by atoms with Gasteiger partial charge in [0.15, 0.2) is 0 Å². The standard InChI is InChI=1S/C7H10N6O/c1-6-11-12-7(14-6)9-2-3-13-5-8-4-10-13/h4-5H,2-3H2,1H3,(H,9,12). The Morgan fingerprint density at radius 2 is 2.43 bits per heavy atom. The highest BCUT2D eigenvalue weighted by Gasteiger charge is 1.99. The summed E-state index contributed by atoms with van der Waals surface area (Å²) < 4.78 is 6.84. The molecule has 14 heavy (non-hydrogen) atoms. The van der Waals surface area contributed by atoms with Crippen molar-refractivity contribution in [1.29, 1.82) is 0 Å². The van der Waals surface area contributed by atoms with Gasteiger partial charge in [0.25, 0.3) is 0 Å². The summed E-state index contributed by atoms with van der Waals surface area (Å²) in [6.07, 6.45) is 3.15. The van der Waals surface area contributed by atoms with Gasteiger partial charge in [-0.3, -0.25) is 4.68 Å². The Labute approximate surface area is 80.2 Å². The van der Waals surface area contributed by atoms with Gasteiger partial charge < -0.3 is 9.73 Å². The van der Waals surface area contributed by atoms with E-state index < -0.39 is 0 Å². The first-order valence-corrected chi connectivity index (χ1v) is 4.21. The fourth-order valence-electron chi connectivity index (χ4n) is 0.994. The minimum Gasteiger partial charge on any atom is -0.408 e. The van der Waals surface area contributed by atoms with Crippen LogP contribution >= 0.6 is 0 Å². The van der Waals surface area contributed by atoms with E-state index in [0.29, 0.717) is 25.0 Å². The van der Waals surface area contributed by atoms with Crippen LogP contribution in [0, 0.1) is 6.92 Å². The molecule has 2 aromatic rings. The van der Waals surface area contributed by atoms with E-state index in [9.17, 15) is 0 Å². The second-order valence-corrected chi connectivity index (χ2v) is 2.71. The summed E-state index contributed by atoms with van der Waals surface area (Å²) in [5.74, 6) is 0.549. The average Bonchev–Trinajstić information content (AvgIpc) is 2.77. The molecule has 1 N–H and O–H groups in total. The molecule has 0 radical (unpaired) electrons. The summed E-state index contributed by atoms with van der Waals surface area (Å²) in [5.41, 5.74) is 0. The highest BCUT2D eigenvalue weighted by molar-refractivity contribution is 5.15. The number of aromatic nitrogens is 5. The third kappa shape index (κ3) is 2.06. The largest absolute Gasteiger partial charge is 0.408 e. The zero-order valence-electron chi connectivity index (χ0n) is 7.71. The minimum atomic E-state index is 0.433. The lowest BCUT2D eigenvalue weighted by molar-refractivity contribution is 0.526. The Morgan fingerprint density at radius 1 is 1.50 bits per heavy atom. The summed E-state index contributed by atoms with van der Waals surface area (Å²) in [5, 5.41) is 14.4. The molecule has 7 heteroatoms. The molecule has 2 rings (SSSR count). The van der Waals surface area contributed by atoms with Crippen LogP contribution < -0.4 is 5.32 Å². The predicted octanol–water partition coefficient (Wildman–Crippen LogP) is 0.0816. The van der Waals surface area contributed by atoms with E-state index in [1.165, 1.54) is 6.33 Å². The average molecular weight is 194 g/mol. The predicted molar refractivity (Wildman–Crippen MR) is 47.5 cm³/mol. The molecule has 7 nitrogen and oxygen atoms in total. The van der Waals surface area contributed by atoms with Gasteiger partial charge >= 0.3 is 6.01 Å². The van der Waals surface area contributed by atoms with Crippen molar-refractivity contribution in [1.82, 2.24) is 25.0 Å². The normalized spacial score (nSPS) is 10.4. The highest BCUT2D eigenvalue weighted by atomic mass is 16.4. The highest BCUT2D eigenvalue weighted by Crippen LogP contribution is 2.02. The van der Waals surface area contributed by atoms with Crippen molar-refractivity contribution < 1.29 is 4.42 Å². The molecular formula is C7H10N6O. The van der Waals surface area contributed by atoms with Crippen LogP contribution in [-0.4, -0.2) is 31.5 Å². The van der Waals surface area contributed by atoms with E-state index in [2.05, 4.69) is 25.6 Å². The SMILES string of the molecule is Cc1nnc(NCCn2cncn2)o1. The van der Waals surface area contributed by atoms with Crippen molar-refractivity contribution in [3.63, 3.8) is 0 Å². The van der Waals surface area contributed by atoms with E-state index in [1.54, 1.807) is 17.9 Å². The molecule has 2 aromatic heterocycles. The summed E-state index contributed by atoms with van der Waals surface area (Å²) in [4.78, 5) is 3.82. The second kappa shape index (κ2) is 3.86. The van der Waals surface area contributed by atoms with Gasteiger partial charge in [-0.05, 0) is 0 Å². The number of hydrogen-bond donors (Lipinski definition) is 1. The van der Waals surface area contributed by atoms with Crippen molar-refractivity contribution in [3.8, 4) is 0 Å². The number of hydrogen-bond acceptors (Lipinski definition) is 6. The quantitative estimate of drug-likeness (QED) is 0.742. The van der Waals surface area contributed by atoms with Crippen LogP contribution in [0.4, 0.5) is 6.01 Å². The van der Waals surface area contributed by atoms with E-state index >= 15 is 0 Å². The molecule has 0 bridgehead atoms. The molecule has 0 atom stereocenters. The lowest BCUT2D eigenvalue weighted by Crippen LogP contribution is -2.10. The molecule has 0 aliphatic heterocycles. The third-order valence-electron chi connectivity index (χ3n) is 1.61. The number of anilines is 1. The van der Waals surface area contributed by atoms with Gasteiger partial charge in [-0.1, -0.05) is 5.10 Å². The Bertz CT molecular complexity index is 381. The molecule has 74 valence electrons. The van der Waals surface area contributed by atoms with E-state index in [-0.39, 0.29) is 0 Å². The summed E-state index contributed by atoms with van der Waals surface area (Å²) in [6.45, 7) is 3.13. The summed E-state index contributed by atoms with van der Waals surface area (Å²) in [6, 6.07) is 0.433. The minimum absolute atomic E-state index is 0.433. The number of aryl methyl sites for hydroxylation is 1. The van der Waals surface area contributed by atoms with Crippen LogP contribution in [0.1, 0.15) is 5.89 Å². The molecular weight excluding hydrogens is 184 g/mol. The van der Waals surface area contributed by atoms with E-state index in [1.807, 2.05) is 0 Å². The number of nitrogens with zero attached hydrogens (tertiary/aromatic N) is 5. The maximum atomic E-state index is 5.12. The van der Waals surface area contributed by atoms with Crippen LogP contribution in [0.2, 0.25) is 0 Å². The Balaban J connectivity index is 1.78. The van der Waals surface area contributed by atoms with Gasteiger partial charge in [0.05, 0.1) is 6.54 Å². The lowest BCUT2D eigenvalue weighted by atomic mass is 10.6. The first kappa shape index (κ1) is 8.67. The van der Waals surface area contributed by atoms with E-state index in [4.69, 9.17) is 4.42 Å². The maximum absolute atomic E-state index is 5.12. The van der Waals surface area contributed by atoms with Gasteiger partial charge in [-0.2, -0.15) is 5.10 Å². The third-order valence-corrected chi connectivity index (χ3v) is 1.61. The van der Waals surface area contributed by atoms with Gasteiger partial charge in [-0.25, -0.2) is 4.98 Å². The molecule has 2 heterocycles. The molecule has 0 aliphatic carbocycles. The first-order chi connectivity index (χ1) is 6.84. The van der Waals surface area contributed by atoms with Crippen LogP contribution in [-0.2, 0) is 6.54 Å². The van der Waals surface area contributed by atoms with Gasteiger partial charge in [0, 0.05) is 13.5 Å². The second-order valence-electron chi connectivity index (χ2n) is 2.71.